The lowest BCUT2D eigenvalue weighted by molar-refractivity contribution is -0.0531. The van der Waals surface area contributed by atoms with Crippen molar-refractivity contribution < 1.29 is 9.47 Å². The summed E-state index contributed by atoms with van der Waals surface area (Å²) in [6.07, 6.45) is -0.336. The zero-order valence-corrected chi connectivity index (χ0v) is 7.79. The summed E-state index contributed by atoms with van der Waals surface area (Å²) >= 11 is 0. The van der Waals surface area contributed by atoms with Gasteiger partial charge in [0.25, 0.3) is 0 Å². The number of methoxy groups -OCH3 is 2. The number of hydrogen-bond acceptors (Lipinski definition) is 4. The molecule has 0 radical (unpaired) electrons. The summed E-state index contributed by atoms with van der Waals surface area (Å²) in [5, 5.41) is 5.83. The van der Waals surface area contributed by atoms with Gasteiger partial charge in [-0.05, 0) is 6.92 Å². The van der Waals surface area contributed by atoms with E-state index in [1.165, 1.54) is 0 Å². The predicted molar refractivity (Wildman–Crippen MR) is 44.6 cm³/mol. The number of ether oxygens (including phenoxy) is 2. The van der Waals surface area contributed by atoms with Crippen LogP contribution in [0, 0.1) is 0 Å². The van der Waals surface area contributed by atoms with E-state index in [1.807, 2.05) is 21.0 Å². The first-order valence-electron chi connectivity index (χ1n) is 3.39. The highest BCUT2D eigenvalue weighted by Crippen LogP contribution is 1.95. The van der Waals surface area contributed by atoms with E-state index >= 15 is 0 Å². The van der Waals surface area contributed by atoms with Crippen LogP contribution in [-0.4, -0.2) is 45.3 Å². The van der Waals surface area contributed by atoms with Crippen LogP contribution in [0.1, 0.15) is 6.92 Å². The Morgan fingerprint density at radius 1 is 1.27 bits per heavy atom. The minimum atomic E-state index is -0.336. The maximum Gasteiger partial charge on any atom is 0.198 e. The highest BCUT2D eigenvalue weighted by atomic mass is 16.7. The van der Waals surface area contributed by atoms with E-state index in [-0.39, 0.29) is 6.29 Å². The van der Waals surface area contributed by atoms with E-state index in [2.05, 4.69) is 5.10 Å². The second-order valence-corrected chi connectivity index (χ2v) is 2.39. The first kappa shape index (κ1) is 10.4. The van der Waals surface area contributed by atoms with E-state index in [1.54, 1.807) is 19.2 Å². The van der Waals surface area contributed by atoms with Gasteiger partial charge in [-0.1, -0.05) is 0 Å². The molecule has 0 aliphatic carbocycles. The Labute approximate surface area is 67.8 Å². The van der Waals surface area contributed by atoms with Crippen LogP contribution in [0.4, 0.5) is 0 Å². The Bertz CT molecular complexity index is 130. The molecule has 66 valence electrons. The van der Waals surface area contributed by atoms with Gasteiger partial charge in [0.05, 0.1) is 5.71 Å². The van der Waals surface area contributed by atoms with Crippen molar-refractivity contribution in [2.75, 3.05) is 28.3 Å². The topological polar surface area (TPSA) is 34.1 Å². The predicted octanol–water partition coefficient (Wildman–Crippen LogP) is 0.543. The minimum absolute atomic E-state index is 0.336. The average molecular weight is 160 g/mol. The second kappa shape index (κ2) is 5.09. The lowest BCUT2D eigenvalue weighted by Gasteiger charge is -2.14. The molecule has 11 heavy (non-hydrogen) atoms. The summed E-state index contributed by atoms with van der Waals surface area (Å²) < 4.78 is 9.96. The van der Waals surface area contributed by atoms with Gasteiger partial charge in [-0.2, -0.15) is 5.10 Å². The molecule has 4 heteroatoms. The highest BCUT2D eigenvalue weighted by molar-refractivity contribution is 5.84. The van der Waals surface area contributed by atoms with Crippen LogP contribution >= 0.6 is 0 Å². The first-order chi connectivity index (χ1) is 5.11. The van der Waals surface area contributed by atoms with Gasteiger partial charge in [0.2, 0.25) is 0 Å². The molecule has 0 aromatic carbocycles. The Morgan fingerprint density at radius 2 is 1.73 bits per heavy atom. The van der Waals surface area contributed by atoms with Gasteiger partial charge in [0.1, 0.15) is 0 Å². The standard InChI is InChI=1S/C7H16N2O2/c1-6(8-9(2)3)7(10-4)11-5/h7H,1-5H3. The smallest absolute Gasteiger partial charge is 0.198 e. The summed E-state index contributed by atoms with van der Waals surface area (Å²) in [5.41, 5.74) is 0.806. The molecule has 0 saturated heterocycles. The first-order valence-corrected chi connectivity index (χ1v) is 3.39. The number of hydrogen-bond donors (Lipinski definition) is 0. The van der Waals surface area contributed by atoms with Gasteiger partial charge in [-0.25, -0.2) is 0 Å². The van der Waals surface area contributed by atoms with Crippen molar-refractivity contribution in [3.05, 3.63) is 0 Å². The molecule has 0 rings (SSSR count). The van der Waals surface area contributed by atoms with Crippen molar-refractivity contribution in [1.29, 1.82) is 0 Å². The molecule has 0 heterocycles. The number of rotatable bonds is 4. The lowest BCUT2D eigenvalue weighted by Crippen LogP contribution is -2.24. The lowest BCUT2D eigenvalue weighted by atomic mass is 10.4. The molecule has 0 aromatic rings. The Hall–Kier alpha value is -0.610. The van der Waals surface area contributed by atoms with Gasteiger partial charge in [-0.15, -0.1) is 0 Å². The fourth-order valence-electron chi connectivity index (χ4n) is 0.800. The molecular formula is C7H16N2O2. The summed E-state index contributed by atoms with van der Waals surface area (Å²) in [4.78, 5) is 0. The Morgan fingerprint density at radius 3 is 2.00 bits per heavy atom. The van der Waals surface area contributed by atoms with Crippen LogP contribution in [0.15, 0.2) is 5.10 Å². The molecule has 0 aliphatic heterocycles. The molecule has 0 spiro atoms. The molecule has 0 N–H and O–H groups in total. The highest BCUT2D eigenvalue weighted by Gasteiger charge is 2.08. The Balaban J connectivity index is 4.07. The van der Waals surface area contributed by atoms with E-state index in [0.717, 1.165) is 5.71 Å². The molecular weight excluding hydrogens is 144 g/mol. The molecule has 0 fully saturated rings. The second-order valence-electron chi connectivity index (χ2n) is 2.39. The largest absolute Gasteiger partial charge is 0.351 e. The number of nitrogens with zero attached hydrogens (tertiary/aromatic N) is 2. The van der Waals surface area contributed by atoms with Gasteiger partial charge >= 0.3 is 0 Å². The van der Waals surface area contributed by atoms with Crippen LogP contribution in [0.5, 0.6) is 0 Å². The maximum atomic E-state index is 4.98. The fraction of sp³-hybridized carbons (Fsp3) is 0.857. The molecule has 0 unspecified atom stereocenters. The molecule has 0 bridgehead atoms. The van der Waals surface area contributed by atoms with Crippen LogP contribution < -0.4 is 0 Å². The SMILES string of the molecule is COC(OC)C(C)=NN(C)C. The van der Waals surface area contributed by atoms with E-state index in [4.69, 9.17) is 9.47 Å². The van der Waals surface area contributed by atoms with Crippen molar-refractivity contribution >= 4 is 5.71 Å². The monoisotopic (exact) mass is 160 g/mol. The zero-order valence-electron chi connectivity index (χ0n) is 7.79. The normalized spacial score (nSPS) is 12.4. The third-order valence-corrected chi connectivity index (χ3v) is 1.13. The van der Waals surface area contributed by atoms with Gasteiger partial charge in [-0.3, -0.25) is 0 Å². The summed E-state index contributed by atoms with van der Waals surface area (Å²) in [5.74, 6) is 0. The summed E-state index contributed by atoms with van der Waals surface area (Å²) in [7, 11) is 6.88. The van der Waals surface area contributed by atoms with Crippen LogP contribution in [0.3, 0.4) is 0 Å². The van der Waals surface area contributed by atoms with Crippen LogP contribution in [0.25, 0.3) is 0 Å². The van der Waals surface area contributed by atoms with Gasteiger partial charge < -0.3 is 14.5 Å². The molecule has 4 nitrogen and oxygen atoms in total. The van der Waals surface area contributed by atoms with Crippen molar-refractivity contribution in [1.82, 2.24) is 5.01 Å². The molecule has 0 amide bonds. The van der Waals surface area contributed by atoms with Crippen LogP contribution in [0.2, 0.25) is 0 Å². The van der Waals surface area contributed by atoms with E-state index < -0.39 is 0 Å². The minimum Gasteiger partial charge on any atom is -0.351 e. The maximum absolute atomic E-state index is 4.98. The van der Waals surface area contributed by atoms with E-state index in [9.17, 15) is 0 Å². The fourth-order valence-corrected chi connectivity index (χ4v) is 0.800. The molecule has 0 aromatic heterocycles. The third kappa shape index (κ3) is 3.95. The van der Waals surface area contributed by atoms with Crippen molar-refractivity contribution in [2.24, 2.45) is 5.10 Å². The van der Waals surface area contributed by atoms with Crippen molar-refractivity contribution in [3.8, 4) is 0 Å². The quantitative estimate of drug-likeness (QED) is 0.342. The molecule has 0 aliphatic rings. The Kier molecular flexibility index (Phi) is 4.81. The van der Waals surface area contributed by atoms with Gasteiger partial charge in [0, 0.05) is 28.3 Å². The van der Waals surface area contributed by atoms with Crippen molar-refractivity contribution in [2.45, 2.75) is 13.2 Å². The number of hydrazone groups is 1. The van der Waals surface area contributed by atoms with E-state index in [0.29, 0.717) is 0 Å². The summed E-state index contributed by atoms with van der Waals surface area (Å²) in [6.45, 7) is 1.86. The zero-order chi connectivity index (χ0) is 8.85. The third-order valence-electron chi connectivity index (χ3n) is 1.13. The van der Waals surface area contributed by atoms with Crippen molar-refractivity contribution in [3.63, 3.8) is 0 Å². The molecule has 0 atom stereocenters. The summed E-state index contributed by atoms with van der Waals surface area (Å²) in [6, 6.07) is 0. The average Bonchev–Trinajstić information content (AvgIpc) is 1.88. The van der Waals surface area contributed by atoms with Crippen LogP contribution in [-0.2, 0) is 9.47 Å². The van der Waals surface area contributed by atoms with Gasteiger partial charge in [0.15, 0.2) is 6.29 Å². The molecule has 0 saturated carbocycles.